The van der Waals surface area contributed by atoms with Crippen LogP contribution in [-0.4, -0.2) is 50.1 Å². The molecule has 1 aliphatic heterocycles. The lowest BCUT2D eigenvalue weighted by Gasteiger charge is -2.30. The fourth-order valence-corrected chi connectivity index (χ4v) is 2.55. The van der Waals surface area contributed by atoms with Gasteiger partial charge in [0.1, 0.15) is 5.82 Å². The molecule has 0 atom stereocenters. The van der Waals surface area contributed by atoms with Crippen LogP contribution in [0.3, 0.4) is 0 Å². The first-order valence-electron chi connectivity index (χ1n) is 8.52. The van der Waals surface area contributed by atoms with E-state index in [9.17, 15) is 4.39 Å². The highest BCUT2D eigenvalue weighted by Gasteiger charge is 2.14. The minimum atomic E-state index is -0.226. The molecule has 0 aromatic heterocycles. The first-order valence-corrected chi connectivity index (χ1v) is 8.52. The number of piperazine rings is 1. The standard InChI is InChI=1S/C17H28FN5/c18-15-5-7-16(8-6-15)22-17(23-13-11-20-12-14-23)21-10-4-2-1-3-9-19/h5-8,20H,1-4,9-14,19H2,(H,21,22). The third kappa shape index (κ3) is 6.54. The van der Waals surface area contributed by atoms with E-state index in [4.69, 9.17) is 10.7 Å². The molecule has 23 heavy (non-hydrogen) atoms. The highest BCUT2D eigenvalue weighted by Crippen LogP contribution is 2.10. The number of nitrogens with zero attached hydrogens (tertiary/aromatic N) is 2. The molecule has 0 radical (unpaired) electrons. The summed E-state index contributed by atoms with van der Waals surface area (Å²) in [5.41, 5.74) is 6.38. The zero-order valence-corrected chi connectivity index (χ0v) is 13.7. The molecule has 0 aliphatic carbocycles. The molecule has 0 spiro atoms. The van der Waals surface area contributed by atoms with Gasteiger partial charge in [-0.15, -0.1) is 0 Å². The van der Waals surface area contributed by atoms with Crippen molar-refractivity contribution in [3.63, 3.8) is 0 Å². The van der Waals surface area contributed by atoms with Gasteiger partial charge in [-0.1, -0.05) is 12.8 Å². The van der Waals surface area contributed by atoms with Crippen LogP contribution < -0.4 is 16.4 Å². The third-order valence-electron chi connectivity index (χ3n) is 3.89. The largest absolute Gasteiger partial charge is 0.340 e. The van der Waals surface area contributed by atoms with E-state index >= 15 is 0 Å². The van der Waals surface area contributed by atoms with Crippen molar-refractivity contribution in [1.82, 2.24) is 10.2 Å². The Kier molecular flexibility index (Phi) is 7.83. The number of nitrogens with two attached hydrogens (primary N) is 1. The summed E-state index contributed by atoms with van der Waals surface area (Å²) >= 11 is 0. The molecule has 5 nitrogen and oxygen atoms in total. The second-order valence-electron chi connectivity index (χ2n) is 5.78. The summed E-state index contributed by atoms with van der Waals surface area (Å²) in [5, 5.41) is 6.68. The van der Waals surface area contributed by atoms with Crippen LogP contribution in [0.1, 0.15) is 25.7 Å². The highest BCUT2D eigenvalue weighted by atomic mass is 19.1. The second kappa shape index (κ2) is 10.2. The molecule has 0 amide bonds. The smallest absolute Gasteiger partial charge is 0.198 e. The monoisotopic (exact) mass is 321 g/mol. The van der Waals surface area contributed by atoms with Crippen molar-refractivity contribution in [1.29, 1.82) is 0 Å². The lowest BCUT2D eigenvalue weighted by atomic mass is 10.2. The van der Waals surface area contributed by atoms with Crippen LogP contribution in [0.4, 0.5) is 10.1 Å². The molecule has 1 aromatic rings. The molecule has 1 aliphatic rings. The number of hydrogen-bond acceptors (Lipinski definition) is 3. The Labute approximate surface area is 138 Å². The first-order chi connectivity index (χ1) is 11.3. The van der Waals surface area contributed by atoms with Gasteiger partial charge < -0.3 is 21.3 Å². The normalized spacial score (nSPS) is 15.7. The van der Waals surface area contributed by atoms with Gasteiger partial charge in [0, 0.05) is 38.4 Å². The summed E-state index contributed by atoms with van der Waals surface area (Å²) in [6.07, 6.45) is 4.48. The lowest BCUT2D eigenvalue weighted by molar-refractivity contribution is 0.355. The SMILES string of the molecule is NCCCCCCN=C(Nc1ccc(F)cc1)N1CCNCC1. The number of nitrogens with one attached hydrogen (secondary N) is 2. The zero-order chi connectivity index (χ0) is 16.3. The Bertz CT molecular complexity index is 468. The van der Waals surface area contributed by atoms with E-state index in [0.717, 1.165) is 70.2 Å². The van der Waals surface area contributed by atoms with Crippen molar-refractivity contribution in [2.45, 2.75) is 25.7 Å². The molecule has 1 fully saturated rings. The number of anilines is 1. The molecule has 6 heteroatoms. The maximum atomic E-state index is 13.0. The minimum Gasteiger partial charge on any atom is -0.340 e. The predicted octanol–water partition coefficient (Wildman–Crippen LogP) is 2.02. The van der Waals surface area contributed by atoms with Crippen LogP contribution >= 0.6 is 0 Å². The van der Waals surface area contributed by atoms with Crippen molar-refractivity contribution in [3.8, 4) is 0 Å². The van der Waals surface area contributed by atoms with Crippen molar-refractivity contribution in [3.05, 3.63) is 30.1 Å². The van der Waals surface area contributed by atoms with E-state index in [2.05, 4.69) is 15.5 Å². The number of hydrogen-bond donors (Lipinski definition) is 3. The predicted molar refractivity (Wildman–Crippen MR) is 94.3 cm³/mol. The molecular weight excluding hydrogens is 293 g/mol. The first kappa shape index (κ1) is 17.7. The van der Waals surface area contributed by atoms with Gasteiger partial charge in [-0.3, -0.25) is 4.99 Å². The minimum absolute atomic E-state index is 0.226. The fourth-order valence-electron chi connectivity index (χ4n) is 2.55. The van der Waals surface area contributed by atoms with Gasteiger partial charge in [0.15, 0.2) is 5.96 Å². The van der Waals surface area contributed by atoms with E-state index in [1.807, 2.05) is 0 Å². The molecule has 128 valence electrons. The Hall–Kier alpha value is -1.66. The van der Waals surface area contributed by atoms with Gasteiger partial charge >= 0.3 is 0 Å². The summed E-state index contributed by atoms with van der Waals surface area (Å²) in [7, 11) is 0. The van der Waals surface area contributed by atoms with Crippen LogP contribution in [0, 0.1) is 5.82 Å². The van der Waals surface area contributed by atoms with Gasteiger partial charge in [0.25, 0.3) is 0 Å². The summed E-state index contributed by atoms with van der Waals surface area (Å²) < 4.78 is 13.0. The summed E-state index contributed by atoms with van der Waals surface area (Å²) in [6.45, 7) is 5.35. The molecule has 0 bridgehead atoms. The van der Waals surface area contributed by atoms with Crippen molar-refractivity contribution in [2.24, 2.45) is 10.7 Å². The van der Waals surface area contributed by atoms with E-state index in [1.54, 1.807) is 12.1 Å². The van der Waals surface area contributed by atoms with Crippen LogP contribution in [0.2, 0.25) is 0 Å². The van der Waals surface area contributed by atoms with Crippen molar-refractivity contribution < 1.29 is 4.39 Å². The van der Waals surface area contributed by atoms with Crippen LogP contribution in [-0.2, 0) is 0 Å². The molecule has 2 rings (SSSR count). The quantitative estimate of drug-likeness (QED) is 0.408. The van der Waals surface area contributed by atoms with E-state index < -0.39 is 0 Å². The Morgan fingerprint density at radius 3 is 2.52 bits per heavy atom. The van der Waals surface area contributed by atoms with Crippen molar-refractivity contribution >= 4 is 11.6 Å². The van der Waals surface area contributed by atoms with E-state index in [-0.39, 0.29) is 5.82 Å². The Morgan fingerprint density at radius 2 is 1.83 bits per heavy atom. The summed E-state index contributed by atoms with van der Waals surface area (Å²) in [5.74, 6) is 0.660. The number of guanidine groups is 1. The van der Waals surface area contributed by atoms with Gasteiger partial charge in [-0.2, -0.15) is 0 Å². The Balaban J connectivity index is 1.92. The van der Waals surface area contributed by atoms with Crippen LogP contribution in [0.15, 0.2) is 29.3 Å². The van der Waals surface area contributed by atoms with E-state index in [1.165, 1.54) is 18.6 Å². The van der Waals surface area contributed by atoms with Crippen LogP contribution in [0.5, 0.6) is 0 Å². The molecule has 0 saturated carbocycles. The zero-order valence-electron chi connectivity index (χ0n) is 13.7. The summed E-state index contributed by atoms with van der Waals surface area (Å²) in [4.78, 5) is 6.99. The van der Waals surface area contributed by atoms with Crippen LogP contribution in [0.25, 0.3) is 0 Å². The number of halogens is 1. The number of benzene rings is 1. The molecule has 1 heterocycles. The maximum Gasteiger partial charge on any atom is 0.198 e. The Morgan fingerprint density at radius 1 is 1.13 bits per heavy atom. The molecular formula is C17H28FN5. The molecule has 0 unspecified atom stereocenters. The molecule has 4 N–H and O–H groups in total. The fraction of sp³-hybridized carbons (Fsp3) is 0.588. The lowest BCUT2D eigenvalue weighted by Crippen LogP contribution is -2.48. The average molecular weight is 321 g/mol. The number of aliphatic imine (C=N–C) groups is 1. The third-order valence-corrected chi connectivity index (χ3v) is 3.89. The van der Waals surface area contributed by atoms with Gasteiger partial charge in [-0.25, -0.2) is 4.39 Å². The van der Waals surface area contributed by atoms with Gasteiger partial charge in [-0.05, 0) is 43.7 Å². The highest BCUT2D eigenvalue weighted by molar-refractivity contribution is 5.93. The van der Waals surface area contributed by atoms with E-state index in [0.29, 0.717) is 0 Å². The average Bonchev–Trinajstić information content (AvgIpc) is 2.59. The summed E-state index contributed by atoms with van der Waals surface area (Å²) in [6, 6.07) is 6.41. The van der Waals surface area contributed by atoms with Gasteiger partial charge in [0.2, 0.25) is 0 Å². The second-order valence-corrected chi connectivity index (χ2v) is 5.78. The topological polar surface area (TPSA) is 65.7 Å². The maximum absolute atomic E-state index is 13.0. The molecule has 1 aromatic carbocycles. The number of unbranched alkanes of at least 4 members (excludes halogenated alkanes) is 3. The van der Waals surface area contributed by atoms with Gasteiger partial charge in [0.05, 0.1) is 0 Å². The number of rotatable bonds is 7. The molecule has 1 saturated heterocycles. The van der Waals surface area contributed by atoms with Crippen molar-refractivity contribution in [2.75, 3.05) is 44.6 Å².